The Hall–Kier alpha value is -0.280. The number of esters is 1. The van der Waals surface area contributed by atoms with Crippen LogP contribution in [0.2, 0.25) is 0 Å². The van der Waals surface area contributed by atoms with Crippen molar-refractivity contribution in [3.05, 3.63) is 0 Å². The van der Waals surface area contributed by atoms with Crippen molar-refractivity contribution in [2.75, 3.05) is 19.7 Å². The van der Waals surface area contributed by atoms with Crippen molar-refractivity contribution in [2.24, 2.45) is 10.8 Å². The maximum Gasteiger partial charge on any atom is 0.313 e. The van der Waals surface area contributed by atoms with Crippen LogP contribution in [0.3, 0.4) is 0 Å². The van der Waals surface area contributed by atoms with Crippen molar-refractivity contribution in [3.8, 4) is 0 Å². The standard InChI is InChI=1S/C9H15NO2.ClH/c1-3-12-7(11)9-4-8(9,2)5-10-6-9;/h10H,3-6H2,1-2H3;1H. The van der Waals surface area contributed by atoms with Crippen LogP contribution >= 0.6 is 12.4 Å². The minimum Gasteiger partial charge on any atom is -0.466 e. The monoisotopic (exact) mass is 205 g/mol. The quantitative estimate of drug-likeness (QED) is 0.683. The second-order valence-electron chi connectivity index (χ2n) is 4.14. The molecule has 2 aliphatic rings. The van der Waals surface area contributed by atoms with Crippen molar-refractivity contribution < 1.29 is 9.53 Å². The van der Waals surface area contributed by atoms with E-state index in [9.17, 15) is 4.79 Å². The normalized spacial score (nSPS) is 40.5. The molecule has 0 spiro atoms. The first-order valence-corrected chi connectivity index (χ1v) is 4.53. The number of hydrogen-bond acceptors (Lipinski definition) is 3. The Morgan fingerprint density at radius 1 is 1.54 bits per heavy atom. The summed E-state index contributed by atoms with van der Waals surface area (Å²) in [5, 5.41) is 3.24. The van der Waals surface area contributed by atoms with Gasteiger partial charge in [0, 0.05) is 13.1 Å². The van der Waals surface area contributed by atoms with Crippen molar-refractivity contribution in [2.45, 2.75) is 20.3 Å². The molecular formula is C9H16ClNO2. The van der Waals surface area contributed by atoms with Gasteiger partial charge in [0.1, 0.15) is 0 Å². The van der Waals surface area contributed by atoms with Gasteiger partial charge in [0.15, 0.2) is 0 Å². The van der Waals surface area contributed by atoms with Gasteiger partial charge in [0.25, 0.3) is 0 Å². The summed E-state index contributed by atoms with van der Waals surface area (Å²) in [6, 6.07) is 0. The first-order chi connectivity index (χ1) is 5.65. The number of halogens is 1. The predicted molar refractivity (Wildman–Crippen MR) is 51.9 cm³/mol. The molecule has 2 fully saturated rings. The Balaban J connectivity index is 0.000000845. The van der Waals surface area contributed by atoms with Gasteiger partial charge in [-0.25, -0.2) is 0 Å². The van der Waals surface area contributed by atoms with Crippen LogP contribution in [0.1, 0.15) is 20.3 Å². The largest absolute Gasteiger partial charge is 0.466 e. The zero-order valence-corrected chi connectivity index (χ0v) is 8.87. The van der Waals surface area contributed by atoms with E-state index >= 15 is 0 Å². The molecule has 0 aromatic carbocycles. The highest BCUT2D eigenvalue weighted by atomic mass is 35.5. The lowest BCUT2D eigenvalue weighted by Gasteiger charge is -2.11. The molecule has 76 valence electrons. The number of ether oxygens (including phenoxy) is 1. The summed E-state index contributed by atoms with van der Waals surface area (Å²) in [6.07, 6.45) is 1.01. The number of nitrogens with one attached hydrogen (secondary N) is 1. The van der Waals surface area contributed by atoms with Crippen LogP contribution in [0.15, 0.2) is 0 Å². The zero-order chi connectivity index (χ0) is 8.82. The van der Waals surface area contributed by atoms with E-state index in [1.165, 1.54) is 0 Å². The highest BCUT2D eigenvalue weighted by molar-refractivity contribution is 5.85. The summed E-state index contributed by atoms with van der Waals surface area (Å²) in [5.74, 6) is -0.00231. The van der Waals surface area contributed by atoms with E-state index in [1.807, 2.05) is 6.92 Å². The molecule has 13 heavy (non-hydrogen) atoms. The number of piperidine rings is 1. The van der Waals surface area contributed by atoms with Gasteiger partial charge in [0.2, 0.25) is 0 Å². The molecule has 2 atom stereocenters. The van der Waals surface area contributed by atoms with Gasteiger partial charge < -0.3 is 10.1 Å². The molecule has 0 radical (unpaired) electrons. The SMILES string of the molecule is CCOC(=O)C12CNCC1(C)C2.Cl. The molecule has 1 N–H and O–H groups in total. The van der Waals surface area contributed by atoms with E-state index < -0.39 is 0 Å². The molecule has 1 aliphatic heterocycles. The van der Waals surface area contributed by atoms with Crippen LogP contribution in [0.5, 0.6) is 0 Å². The molecule has 3 nitrogen and oxygen atoms in total. The van der Waals surface area contributed by atoms with Crippen LogP contribution in [0.4, 0.5) is 0 Å². The maximum absolute atomic E-state index is 11.6. The highest BCUT2D eigenvalue weighted by Crippen LogP contribution is 2.66. The summed E-state index contributed by atoms with van der Waals surface area (Å²) < 4.78 is 5.06. The minimum atomic E-state index is -0.164. The number of fused-ring (bicyclic) bond motifs is 1. The van der Waals surface area contributed by atoms with Gasteiger partial charge in [-0.2, -0.15) is 0 Å². The molecule has 2 rings (SSSR count). The van der Waals surface area contributed by atoms with E-state index in [1.54, 1.807) is 0 Å². The van der Waals surface area contributed by atoms with E-state index in [-0.39, 0.29) is 29.2 Å². The summed E-state index contributed by atoms with van der Waals surface area (Å²) >= 11 is 0. The predicted octanol–water partition coefficient (Wildman–Crippen LogP) is 0.971. The van der Waals surface area contributed by atoms with Crippen LogP contribution < -0.4 is 5.32 Å². The lowest BCUT2D eigenvalue weighted by Crippen LogP contribution is -2.26. The highest BCUT2D eigenvalue weighted by Gasteiger charge is 2.72. The zero-order valence-electron chi connectivity index (χ0n) is 8.05. The fraction of sp³-hybridized carbons (Fsp3) is 0.889. The van der Waals surface area contributed by atoms with Gasteiger partial charge in [0.05, 0.1) is 12.0 Å². The van der Waals surface area contributed by atoms with Crippen molar-refractivity contribution in [3.63, 3.8) is 0 Å². The van der Waals surface area contributed by atoms with Crippen molar-refractivity contribution in [1.29, 1.82) is 0 Å². The number of rotatable bonds is 2. The molecule has 4 heteroatoms. The third-order valence-electron chi connectivity index (χ3n) is 3.33. The smallest absolute Gasteiger partial charge is 0.313 e. The van der Waals surface area contributed by atoms with Gasteiger partial charge in [-0.05, 0) is 18.8 Å². The lowest BCUT2D eigenvalue weighted by atomic mass is 9.99. The molecule has 0 aromatic heterocycles. The number of carbonyl (C=O) groups excluding carboxylic acids is 1. The molecular weight excluding hydrogens is 190 g/mol. The van der Waals surface area contributed by atoms with Crippen LogP contribution in [-0.2, 0) is 9.53 Å². The van der Waals surface area contributed by atoms with Gasteiger partial charge >= 0.3 is 5.97 Å². The molecule has 1 saturated heterocycles. The lowest BCUT2D eigenvalue weighted by molar-refractivity contribution is -0.150. The van der Waals surface area contributed by atoms with Crippen molar-refractivity contribution >= 4 is 18.4 Å². The van der Waals surface area contributed by atoms with E-state index in [0.29, 0.717) is 6.61 Å². The topological polar surface area (TPSA) is 38.3 Å². The minimum absolute atomic E-state index is 0. The van der Waals surface area contributed by atoms with E-state index in [0.717, 1.165) is 19.5 Å². The number of hydrogen-bond donors (Lipinski definition) is 1. The average Bonchev–Trinajstić information content (AvgIpc) is 2.48. The van der Waals surface area contributed by atoms with Gasteiger partial charge in [-0.15, -0.1) is 12.4 Å². The first-order valence-electron chi connectivity index (χ1n) is 4.53. The maximum atomic E-state index is 11.6. The third kappa shape index (κ3) is 1.25. The Morgan fingerprint density at radius 2 is 2.23 bits per heavy atom. The molecule has 1 aliphatic carbocycles. The van der Waals surface area contributed by atoms with E-state index in [2.05, 4.69) is 12.2 Å². The Morgan fingerprint density at radius 3 is 2.62 bits per heavy atom. The molecule has 1 heterocycles. The Labute approximate surface area is 84.6 Å². The fourth-order valence-corrected chi connectivity index (χ4v) is 2.34. The summed E-state index contributed by atoms with van der Waals surface area (Å²) in [5.41, 5.74) is 0.0300. The molecule has 0 amide bonds. The summed E-state index contributed by atoms with van der Waals surface area (Å²) in [7, 11) is 0. The second kappa shape index (κ2) is 3.14. The number of carbonyl (C=O) groups is 1. The van der Waals surface area contributed by atoms with Crippen LogP contribution in [0.25, 0.3) is 0 Å². The molecule has 0 bridgehead atoms. The molecule has 1 saturated carbocycles. The average molecular weight is 206 g/mol. The molecule has 0 aromatic rings. The van der Waals surface area contributed by atoms with Gasteiger partial charge in [-0.1, -0.05) is 6.92 Å². The second-order valence-corrected chi connectivity index (χ2v) is 4.14. The summed E-state index contributed by atoms with van der Waals surface area (Å²) in [4.78, 5) is 11.6. The molecule has 2 unspecified atom stereocenters. The van der Waals surface area contributed by atoms with Gasteiger partial charge in [-0.3, -0.25) is 4.79 Å². The van der Waals surface area contributed by atoms with Crippen LogP contribution in [0, 0.1) is 10.8 Å². The third-order valence-corrected chi connectivity index (χ3v) is 3.33. The van der Waals surface area contributed by atoms with E-state index in [4.69, 9.17) is 4.74 Å². The van der Waals surface area contributed by atoms with Crippen molar-refractivity contribution in [1.82, 2.24) is 5.32 Å². The fourth-order valence-electron chi connectivity index (χ4n) is 2.34. The van der Waals surface area contributed by atoms with Crippen LogP contribution in [-0.4, -0.2) is 25.7 Å². The first kappa shape index (κ1) is 10.8. The Kier molecular flexibility index (Phi) is 2.61. The Bertz CT molecular complexity index is 230. The summed E-state index contributed by atoms with van der Waals surface area (Å²) in [6.45, 7) is 6.28.